The first-order chi connectivity index (χ1) is 10.0. The quantitative estimate of drug-likeness (QED) is 0.658. The van der Waals surface area contributed by atoms with Gasteiger partial charge < -0.3 is 10.3 Å². The molecule has 5 heteroatoms. The second-order valence-electron chi connectivity index (χ2n) is 4.96. The second-order valence-corrected chi connectivity index (χ2v) is 5.88. The molecule has 0 heterocycles. The Bertz CT molecular complexity index is 640. The molecule has 0 atom stereocenters. The summed E-state index contributed by atoms with van der Waals surface area (Å²) in [6.45, 7) is 2.48. The summed E-state index contributed by atoms with van der Waals surface area (Å²) in [6.07, 6.45) is 0. The molecule has 1 amide bonds. The first kappa shape index (κ1) is 15.5. The van der Waals surface area contributed by atoms with E-state index in [1.807, 2.05) is 37.3 Å². The van der Waals surface area contributed by atoms with Crippen LogP contribution in [-0.2, 0) is 6.54 Å². The van der Waals surface area contributed by atoms with Crippen molar-refractivity contribution in [1.29, 1.82) is 0 Å². The third kappa shape index (κ3) is 3.83. The summed E-state index contributed by atoms with van der Waals surface area (Å²) in [5.41, 5.74) is 6.05. The number of carbonyl (C=O) groups is 1. The number of amides is 1. The Morgan fingerprint density at radius 3 is 2.48 bits per heavy atom. The van der Waals surface area contributed by atoms with Crippen molar-refractivity contribution < 1.29 is 4.79 Å². The van der Waals surface area contributed by atoms with Gasteiger partial charge in [-0.15, -0.1) is 0 Å². The molecule has 0 unspecified atom stereocenters. The van der Waals surface area contributed by atoms with Crippen LogP contribution < -0.4 is 11.3 Å². The van der Waals surface area contributed by atoms with Crippen LogP contribution in [0.1, 0.15) is 21.5 Å². The van der Waals surface area contributed by atoms with E-state index in [1.165, 1.54) is 0 Å². The highest BCUT2D eigenvalue weighted by molar-refractivity contribution is 9.10. The summed E-state index contributed by atoms with van der Waals surface area (Å²) < 4.78 is 1.03. The Morgan fingerprint density at radius 2 is 1.90 bits per heavy atom. The van der Waals surface area contributed by atoms with Gasteiger partial charge in [-0.3, -0.25) is 10.6 Å². The predicted molar refractivity (Wildman–Crippen MR) is 88.9 cm³/mol. The summed E-state index contributed by atoms with van der Waals surface area (Å²) in [7, 11) is 1.80. The van der Waals surface area contributed by atoms with E-state index in [4.69, 9.17) is 5.84 Å². The van der Waals surface area contributed by atoms with Crippen LogP contribution >= 0.6 is 15.9 Å². The minimum absolute atomic E-state index is 0.000935. The van der Waals surface area contributed by atoms with Crippen molar-refractivity contribution in [3.8, 4) is 0 Å². The van der Waals surface area contributed by atoms with E-state index in [0.29, 0.717) is 12.1 Å². The van der Waals surface area contributed by atoms with Gasteiger partial charge in [-0.2, -0.15) is 0 Å². The number of nitrogen functional groups attached to an aromatic ring is 1. The number of carbonyl (C=O) groups excluding carboxylic acids is 1. The fraction of sp³-hybridized carbons (Fsp3) is 0.188. The predicted octanol–water partition coefficient (Wildman–Crippen LogP) is 3.32. The fourth-order valence-corrected chi connectivity index (χ4v) is 2.40. The largest absolute Gasteiger partial charge is 0.337 e. The Hall–Kier alpha value is -1.85. The molecular weight excluding hydrogens is 330 g/mol. The van der Waals surface area contributed by atoms with Gasteiger partial charge in [0.15, 0.2) is 0 Å². The molecule has 4 nitrogen and oxygen atoms in total. The van der Waals surface area contributed by atoms with Gasteiger partial charge in [0.05, 0.1) is 0 Å². The molecule has 2 aromatic rings. The number of benzene rings is 2. The second kappa shape index (κ2) is 6.74. The lowest BCUT2D eigenvalue weighted by Gasteiger charge is -2.19. The van der Waals surface area contributed by atoms with Gasteiger partial charge in [0.1, 0.15) is 0 Å². The molecule has 0 fully saturated rings. The zero-order valence-corrected chi connectivity index (χ0v) is 13.6. The number of nitrogens with one attached hydrogen (secondary N) is 1. The van der Waals surface area contributed by atoms with Crippen LogP contribution in [-0.4, -0.2) is 17.9 Å². The van der Waals surface area contributed by atoms with Crippen molar-refractivity contribution in [1.82, 2.24) is 4.90 Å². The minimum atomic E-state index is -0.000935. The van der Waals surface area contributed by atoms with Gasteiger partial charge in [-0.05, 0) is 48.4 Å². The van der Waals surface area contributed by atoms with Crippen LogP contribution in [0.25, 0.3) is 0 Å². The molecule has 0 aromatic heterocycles. The highest BCUT2D eigenvalue weighted by Crippen LogP contribution is 2.17. The monoisotopic (exact) mass is 347 g/mol. The fourth-order valence-electron chi connectivity index (χ4n) is 2.13. The Labute approximate surface area is 133 Å². The Kier molecular flexibility index (Phi) is 4.98. The number of hydrogen-bond donors (Lipinski definition) is 2. The lowest BCUT2D eigenvalue weighted by molar-refractivity contribution is 0.0784. The molecule has 2 rings (SSSR count). The number of rotatable bonds is 4. The maximum absolute atomic E-state index is 12.5. The summed E-state index contributed by atoms with van der Waals surface area (Å²) in [5, 5.41) is 0. The molecule has 0 aliphatic rings. The average Bonchev–Trinajstić information content (AvgIpc) is 2.48. The molecule has 2 aromatic carbocycles. The molecule has 0 bridgehead atoms. The van der Waals surface area contributed by atoms with Crippen molar-refractivity contribution in [2.45, 2.75) is 13.5 Å². The zero-order valence-electron chi connectivity index (χ0n) is 12.1. The van der Waals surface area contributed by atoms with Gasteiger partial charge in [0, 0.05) is 29.3 Å². The number of hydrogen-bond acceptors (Lipinski definition) is 3. The van der Waals surface area contributed by atoms with Gasteiger partial charge in [-0.1, -0.05) is 28.1 Å². The van der Waals surface area contributed by atoms with Crippen molar-refractivity contribution >= 4 is 27.5 Å². The smallest absolute Gasteiger partial charge is 0.254 e. The van der Waals surface area contributed by atoms with Crippen LogP contribution in [0.15, 0.2) is 46.9 Å². The number of nitrogens with zero attached hydrogens (tertiary/aromatic N) is 1. The molecule has 0 aliphatic heterocycles. The van der Waals surface area contributed by atoms with E-state index in [2.05, 4.69) is 21.4 Å². The SMILES string of the molecule is Cc1cc(NN)ccc1C(=O)N(C)Cc1ccc(Br)cc1. The summed E-state index contributed by atoms with van der Waals surface area (Å²) >= 11 is 3.40. The molecule has 0 aliphatic carbocycles. The standard InChI is InChI=1S/C16H18BrN3O/c1-11-9-14(19-18)7-8-15(11)16(21)20(2)10-12-3-5-13(17)6-4-12/h3-9,19H,10,18H2,1-2H3. The molecular formula is C16H18BrN3O. The molecule has 21 heavy (non-hydrogen) atoms. The van der Waals surface area contributed by atoms with Crippen LogP contribution in [0.4, 0.5) is 5.69 Å². The van der Waals surface area contributed by atoms with Crippen LogP contribution in [0.5, 0.6) is 0 Å². The number of aryl methyl sites for hydroxylation is 1. The van der Waals surface area contributed by atoms with Gasteiger partial charge in [-0.25, -0.2) is 0 Å². The van der Waals surface area contributed by atoms with E-state index in [1.54, 1.807) is 24.1 Å². The third-order valence-electron chi connectivity index (χ3n) is 3.30. The van der Waals surface area contributed by atoms with E-state index >= 15 is 0 Å². The van der Waals surface area contributed by atoms with Crippen LogP contribution in [0.3, 0.4) is 0 Å². The van der Waals surface area contributed by atoms with Gasteiger partial charge >= 0.3 is 0 Å². The maximum Gasteiger partial charge on any atom is 0.254 e. The molecule has 0 spiro atoms. The van der Waals surface area contributed by atoms with Gasteiger partial charge in [0.25, 0.3) is 5.91 Å². The van der Waals surface area contributed by atoms with Crippen molar-refractivity contribution in [3.05, 3.63) is 63.6 Å². The highest BCUT2D eigenvalue weighted by Gasteiger charge is 2.14. The van der Waals surface area contributed by atoms with Crippen molar-refractivity contribution in [2.24, 2.45) is 5.84 Å². The van der Waals surface area contributed by atoms with Crippen LogP contribution in [0, 0.1) is 6.92 Å². The average molecular weight is 348 g/mol. The third-order valence-corrected chi connectivity index (χ3v) is 3.83. The van der Waals surface area contributed by atoms with Gasteiger partial charge in [0.2, 0.25) is 0 Å². The van der Waals surface area contributed by atoms with E-state index in [0.717, 1.165) is 21.3 Å². The lowest BCUT2D eigenvalue weighted by Crippen LogP contribution is -2.26. The first-order valence-electron chi connectivity index (χ1n) is 6.58. The summed E-state index contributed by atoms with van der Waals surface area (Å²) in [4.78, 5) is 14.2. The molecule has 110 valence electrons. The normalized spacial score (nSPS) is 10.3. The highest BCUT2D eigenvalue weighted by atomic mass is 79.9. The topological polar surface area (TPSA) is 58.4 Å². The zero-order chi connectivity index (χ0) is 15.4. The number of nitrogens with two attached hydrogens (primary N) is 1. The Balaban J connectivity index is 2.13. The van der Waals surface area contributed by atoms with Crippen molar-refractivity contribution in [2.75, 3.05) is 12.5 Å². The number of anilines is 1. The van der Waals surface area contributed by atoms with E-state index in [9.17, 15) is 4.79 Å². The molecule has 0 radical (unpaired) electrons. The van der Waals surface area contributed by atoms with E-state index in [-0.39, 0.29) is 5.91 Å². The summed E-state index contributed by atoms with van der Waals surface area (Å²) in [5.74, 6) is 5.37. The number of hydrazine groups is 1. The van der Waals surface area contributed by atoms with Crippen molar-refractivity contribution in [3.63, 3.8) is 0 Å². The summed E-state index contributed by atoms with van der Waals surface area (Å²) in [6, 6.07) is 13.4. The maximum atomic E-state index is 12.5. The number of halogens is 1. The molecule has 0 saturated carbocycles. The minimum Gasteiger partial charge on any atom is -0.337 e. The molecule has 3 N–H and O–H groups in total. The Morgan fingerprint density at radius 1 is 1.24 bits per heavy atom. The van der Waals surface area contributed by atoms with E-state index < -0.39 is 0 Å². The first-order valence-corrected chi connectivity index (χ1v) is 7.37. The van der Waals surface area contributed by atoms with Crippen LogP contribution in [0.2, 0.25) is 0 Å². The molecule has 0 saturated heterocycles. The lowest BCUT2D eigenvalue weighted by atomic mass is 10.1.